The summed E-state index contributed by atoms with van der Waals surface area (Å²) in [5.74, 6) is 0.299. The molecule has 0 bridgehead atoms. The molecule has 1 amide bonds. The molecule has 0 atom stereocenters. The fraction of sp³-hybridized carbons (Fsp3) is 0.0588. The number of nitrogens with zero attached hydrogens (tertiary/aromatic N) is 6. The van der Waals surface area contributed by atoms with E-state index in [-0.39, 0.29) is 5.91 Å². The van der Waals surface area contributed by atoms with Crippen LogP contribution in [0.4, 0.5) is 0 Å². The average Bonchev–Trinajstić information content (AvgIpc) is 3.16. The van der Waals surface area contributed by atoms with E-state index < -0.39 is 0 Å². The van der Waals surface area contributed by atoms with Gasteiger partial charge < -0.3 is 5.32 Å². The number of fused-ring (bicyclic) bond motifs is 1. The molecule has 0 radical (unpaired) electrons. The van der Waals surface area contributed by atoms with Crippen molar-refractivity contribution < 1.29 is 4.79 Å². The Morgan fingerprint density at radius 1 is 1.00 bits per heavy atom. The average molecular weight is 331 g/mol. The number of hydrogen-bond donors (Lipinski definition) is 1. The molecule has 3 aromatic heterocycles. The molecule has 0 aliphatic rings. The summed E-state index contributed by atoms with van der Waals surface area (Å²) in [7, 11) is 0. The Morgan fingerprint density at radius 2 is 1.88 bits per heavy atom. The lowest BCUT2D eigenvalue weighted by atomic mass is 10.1. The zero-order valence-corrected chi connectivity index (χ0v) is 13.1. The number of amides is 1. The van der Waals surface area contributed by atoms with Crippen LogP contribution in [-0.2, 0) is 6.54 Å². The van der Waals surface area contributed by atoms with E-state index in [4.69, 9.17) is 0 Å². The summed E-state index contributed by atoms with van der Waals surface area (Å²) in [6.07, 6.45) is 7.63. The molecule has 8 heteroatoms. The maximum atomic E-state index is 12.0. The first-order valence-electron chi connectivity index (χ1n) is 7.59. The smallest absolute Gasteiger partial charge is 0.271 e. The van der Waals surface area contributed by atoms with Gasteiger partial charge in [-0.1, -0.05) is 24.3 Å². The van der Waals surface area contributed by atoms with Crippen LogP contribution in [-0.4, -0.2) is 35.5 Å². The van der Waals surface area contributed by atoms with Gasteiger partial charge in [-0.2, -0.15) is 14.6 Å². The summed E-state index contributed by atoms with van der Waals surface area (Å²) in [5.41, 5.74) is 3.16. The second-order valence-electron chi connectivity index (χ2n) is 5.27. The third-order valence-electron chi connectivity index (χ3n) is 3.68. The van der Waals surface area contributed by atoms with Gasteiger partial charge in [0.25, 0.3) is 11.7 Å². The highest BCUT2D eigenvalue weighted by atomic mass is 16.1. The summed E-state index contributed by atoms with van der Waals surface area (Å²) in [6, 6.07) is 9.73. The summed E-state index contributed by atoms with van der Waals surface area (Å²) in [6.45, 7) is 0.408. The van der Waals surface area contributed by atoms with Crippen LogP contribution >= 0.6 is 0 Å². The normalized spacial score (nSPS) is 10.7. The molecule has 0 saturated heterocycles. The molecule has 0 spiro atoms. The monoisotopic (exact) mass is 331 g/mol. The Balaban J connectivity index is 1.49. The Bertz CT molecular complexity index is 1010. The van der Waals surface area contributed by atoms with Gasteiger partial charge in [-0.15, -0.1) is 0 Å². The standard InChI is InChI=1S/C17H13N7O/c25-16(14-10-18-7-8-19-14)21-9-12-1-3-13(4-2-12)15-5-6-20-17-22-11-23-24(15)17/h1-8,10-11H,9H2,(H,21,25). The quantitative estimate of drug-likeness (QED) is 0.609. The van der Waals surface area contributed by atoms with Gasteiger partial charge in [0.05, 0.1) is 11.9 Å². The van der Waals surface area contributed by atoms with Crippen molar-refractivity contribution in [3.63, 3.8) is 0 Å². The van der Waals surface area contributed by atoms with Crippen LogP contribution in [0.5, 0.6) is 0 Å². The van der Waals surface area contributed by atoms with Crippen LogP contribution in [0, 0.1) is 0 Å². The van der Waals surface area contributed by atoms with Crippen LogP contribution in [0.2, 0.25) is 0 Å². The largest absolute Gasteiger partial charge is 0.347 e. The number of aromatic nitrogens is 6. The Kier molecular flexibility index (Phi) is 3.83. The first-order valence-corrected chi connectivity index (χ1v) is 7.59. The summed E-state index contributed by atoms with van der Waals surface area (Å²) in [4.78, 5) is 28.1. The molecule has 0 saturated carbocycles. The SMILES string of the molecule is O=C(NCc1ccc(-c2ccnc3ncnn23)cc1)c1cnccn1. The van der Waals surface area contributed by atoms with Crippen molar-refractivity contribution >= 4 is 11.7 Å². The van der Waals surface area contributed by atoms with Gasteiger partial charge in [0.15, 0.2) is 0 Å². The topological polar surface area (TPSA) is 98.0 Å². The number of nitrogens with one attached hydrogen (secondary N) is 1. The van der Waals surface area contributed by atoms with Crippen molar-refractivity contribution in [3.05, 3.63) is 72.7 Å². The fourth-order valence-electron chi connectivity index (χ4n) is 2.44. The molecule has 0 unspecified atom stereocenters. The lowest BCUT2D eigenvalue weighted by Gasteiger charge is -2.07. The van der Waals surface area contributed by atoms with Gasteiger partial charge >= 0.3 is 0 Å². The molecule has 0 aliphatic carbocycles. The molecule has 122 valence electrons. The van der Waals surface area contributed by atoms with E-state index in [1.54, 1.807) is 10.7 Å². The van der Waals surface area contributed by atoms with Crippen LogP contribution in [0.25, 0.3) is 17.0 Å². The molecule has 1 aromatic carbocycles. The third-order valence-corrected chi connectivity index (χ3v) is 3.68. The second-order valence-corrected chi connectivity index (χ2v) is 5.27. The minimum absolute atomic E-state index is 0.254. The first-order chi connectivity index (χ1) is 12.3. The number of benzene rings is 1. The van der Waals surface area contributed by atoms with Crippen LogP contribution < -0.4 is 5.32 Å². The van der Waals surface area contributed by atoms with E-state index in [2.05, 4.69) is 30.4 Å². The van der Waals surface area contributed by atoms with Crippen molar-refractivity contribution in [2.75, 3.05) is 0 Å². The predicted octanol–water partition coefficient (Wildman–Crippen LogP) is 1.51. The maximum Gasteiger partial charge on any atom is 0.271 e. The third kappa shape index (κ3) is 3.05. The van der Waals surface area contributed by atoms with Crippen LogP contribution in [0.15, 0.2) is 61.4 Å². The van der Waals surface area contributed by atoms with E-state index in [0.717, 1.165) is 16.8 Å². The lowest BCUT2D eigenvalue weighted by molar-refractivity contribution is 0.0945. The van der Waals surface area contributed by atoms with Gasteiger partial charge in [0, 0.05) is 30.7 Å². The molecule has 0 fully saturated rings. The lowest BCUT2D eigenvalue weighted by Crippen LogP contribution is -2.23. The highest BCUT2D eigenvalue weighted by molar-refractivity contribution is 5.91. The Labute approximate surface area is 142 Å². The Hall–Kier alpha value is -3.68. The molecule has 0 aliphatic heterocycles. The van der Waals surface area contributed by atoms with Crippen molar-refractivity contribution in [2.45, 2.75) is 6.54 Å². The van der Waals surface area contributed by atoms with E-state index in [9.17, 15) is 4.79 Å². The number of carbonyl (C=O) groups excluding carboxylic acids is 1. The highest BCUT2D eigenvalue weighted by Gasteiger charge is 2.08. The van der Waals surface area contributed by atoms with Gasteiger partial charge in [-0.05, 0) is 11.6 Å². The van der Waals surface area contributed by atoms with Gasteiger partial charge in [0.1, 0.15) is 12.0 Å². The molecule has 4 rings (SSSR count). The molecular formula is C17H13N7O. The molecule has 25 heavy (non-hydrogen) atoms. The second kappa shape index (κ2) is 6.44. The van der Waals surface area contributed by atoms with Gasteiger partial charge in [-0.3, -0.25) is 9.78 Å². The van der Waals surface area contributed by atoms with Crippen molar-refractivity contribution in [1.29, 1.82) is 0 Å². The number of hydrogen-bond acceptors (Lipinski definition) is 6. The number of carbonyl (C=O) groups is 1. The van der Waals surface area contributed by atoms with E-state index in [0.29, 0.717) is 18.0 Å². The molecule has 4 aromatic rings. The zero-order valence-electron chi connectivity index (χ0n) is 13.1. The zero-order chi connectivity index (χ0) is 17.1. The van der Waals surface area contributed by atoms with Crippen molar-refractivity contribution in [2.24, 2.45) is 0 Å². The molecular weight excluding hydrogens is 318 g/mol. The van der Waals surface area contributed by atoms with Crippen LogP contribution in [0.1, 0.15) is 16.1 Å². The summed E-state index contributed by atoms with van der Waals surface area (Å²) < 4.78 is 1.69. The van der Waals surface area contributed by atoms with E-state index in [1.807, 2.05) is 30.3 Å². The van der Waals surface area contributed by atoms with Crippen molar-refractivity contribution in [1.82, 2.24) is 34.9 Å². The minimum Gasteiger partial charge on any atom is -0.347 e. The first kappa shape index (κ1) is 14.9. The molecule has 1 N–H and O–H groups in total. The molecule has 8 nitrogen and oxygen atoms in total. The van der Waals surface area contributed by atoms with E-state index >= 15 is 0 Å². The maximum absolute atomic E-state index is 12.0. The highest BCUT2D eigenvalue weighted by Crippen LogP contribution is 2.19. The van der Waals surface area contributed by atoms with Gasteiger partial charge in [-0.25, -0.2) is 9.97 Å². The van der Waals surface area contributed by atoms with E-state index in [1.165, 1.54) is 24.9 Å². The summed E-state index contributed by atoms with van der Waals surface area (Å²) >= 11 is 0. The number of rotatable bonds is 4. The Morgan fingerprint density at radius 3 is 2.68 bits per heavy atom. The minimum atomic E-state index is -0.254. The fourth-order valence-corrected chi connectivity index (χ4v) is 2.44. The van der Waals surface area contributed by atoms with Crippen molar-refractivity contribution in [3.8, 4) is 11.3 Å². The molecule has 3 heterocycles. The van der Waals surface area contributed by atoms with Gasteiger partial charge in [0.2, 0.25) is 0 Å². The van der Waals surface area contributed by atoms with Crippen LogP contribution in [0.3, 0.4) is 0 Å². The summed E-state index contributed by atoms with van der Waals surface area (Å²) in [5, 5.41) is 7.00. The predicted molar refractivity (Wildman–Crippen MR) is 89.4 cm³/mol.